The fourth-order valence-corrected chi connectivity index (χ4v) is 3.81. The lowest BCUT2D eigenvalue weighted by atomic mass is 9.82. The second-order valence-electron chi connectivity index (χ2n) is 5.26. The highest BCUT2D eigenvalue weighted by molar-refractivity contribution is 5.80. The molecule has 0 saturated heterocycles. The van der Waals surface area contributed by atoms with Crippen molar-refractivity contribution in [1.82, 2.24) is 0 Å². The summed E-state index contributed by atoms with van der Waals surface area (Å²) in [6, 6.07) is 0. The topological polar surface area (TPSA) is 129 Å². The van der Waals surface area contributed by atoms with Crippen molar-refractivity contribution >= 4 is 24.2 Å². The Hall–Kier alpha value is -1.92. The van der Waals surface area contributed by atoms with Gasteiger partial charge in [0.25, 0.3) is 0 Å². The lowest BCUT2D eigenvalue weighted by Crippen LogP contribution is -2.29. The van der Waals surface area contributed by atoms with Gasteiger partial charge in [0, 0.05) is 5.92 Å². The van der Waals surface area contributed by atoms with Crippen molar-refractivity contribution in [3.63, 3.8) is 0 Å². The maximum absolute atomic E-state index is 11.2. The van der Waals surface area contributed by atoms with Crippen LogP contribution in [0.2, 0.25) is 0 Å². The Bertz CT molecular complexity index is 431. The third-order valence-electron chi connectivity index (χ3n) is 4.49. The van der Waals surface area contributed by atoms with Crippen molar-refractivity contribution < 1.29 is 34.5 Å². The van der Waals surface area contributed by atoms with Gasteiger partial charge in [-0.2, -0.15) is 0 Å². The van der Waals surface area contributed by atoms with Gasteiger partial charge in [0.1, 0.15) is 6.29 Å². The number of carboxylic acids is 3. The smallest absolute Gasteiger partial charge is 0.306 e. The zero-order chi connectivity index (χ0) is 14.3. The predicted octanol–water partition coefficient (Wildman–Crippen LogP) is -0.0563. The Morgan fingerprint density at radius 3 is 1.63 bits per heavy atom. The van der Waals surface area contributed by atoms with Crippen molar-refractivity contribution in [3.8, 4) is 0 Å². The van der Waals surface area contributed by atoms with Crippen LogP contribution in [0.5, 0.6) is 0 Å². The summed E-state index contributed by atoms with van der Waals surface area (Å²) in [6.45, 7) is 0. The van der Waals surface area contributed by atoms with E-state index < -0.39 is 53.4 Å². The Labute approximate surface area is 108 Å². The number of carboxylic acid groups (broad SMARTS) is 3. The molecule has 0 bridgehead atoms. The van der Waals surface area contributed by atoms with Crippen LogP contribution in [-0.2, 0) is 19.2 Å². The van der Waals surface area contributed by atoms with Crippen LogP contribution < -0.4 is 0 Å². The lowest BCUT2D eigenvalue weighted by molar-refractivity contribution is -0.148. The standard InChI is InChI=1S/C12H14O7/c13-3-4-1-5(10(14)15)9-7(12(18)19)2-6(8(4)9)11(16)17/h3-9H,1-2H2,(H,14,15)(H,16,17)(H,18,19). The molecule has 2 rings (SSSR count). The predicted molar refractivity (Wildman–Crippen MR) is 59.1 cm³/mol. The van der Waals surface area contributed by atoms with Crippen LogP contribution in [0.3, 0.4) is 0 Å². The summed E-state index contributed by atoms with van der Waals surface area (Å²) in [7, 11) is 0. The van der Waals surface area contributed by atoms with Crippen LogP contribution in [0.15, 0.2) is 0 Å². The SMILES string of the molecule is O=CC1CC(C(=O)O)C2C(C(=O)O)CC(C(=O)O)C12. The zero-order valence-electron chi connectivity index (χ0n) is 9.93. The van der Waals surface area contributed by atoms with Gasteiger partial charge in [0.05, 0.1) is 17.8 Å². The molecule has 2 saturated carbocycles. The summed E-state index contributed by atoms with van der Waals surface area (Å²) in [5, 5.41) is 27.4. The van der Waals surface area contributed by atoms with Gasteiger partial charge in [0.15, 0.2) is 0 Å². The number of hydrogen-bond donors (Lipinski definition) is 3. The summed E-state index contributed by atoms with van der Waals surface area (Å²) in [4.78, 5) is 44.6. The molecule has 2 aliphatic carbocycles. The summed E-state index contributed by atoms with van der Waals surface area (Å²) >= 11 is 0. The van der Waals surface area contributed by atoms with Crippen LogP contribution in [0, 0.1) is 35.5 Å². The number of fused-ring (bicyclic) bond motifs is 1. The molecular weight excluding hydrogens is 256 g/mol. The molecule has 0 heterocycles. The zero-order valence-corrected chi connectivity index (χ0v) is 9.93. The molecule has 0 spiro atoms. The van der Waals surface area contributed by atoms with Crippen molar-refractivity contribution in [2.75, 3.05) is 0 Å². The van der Waals surface area contributed by atoms with E-state index in [9.17, 15) is 19.2 Å². The van der Waals surface area contributed by atoms with Gasteiger partial charge in [-0.25, -0.2) is 0 Å². The number of carbonyl (C=O) groups is 4. The van der Waals surface area contributed by atoms with Gasteiger partial charge in [-0.3, -0.25) is 14.4 Å². The molecule has 0 aromatic rings. The van der Waals surface area contributed by atoms with Crippen molar-refractivity contribution in [3.05, 3.63) is 0 Å². The maximum atomic E-state index is 11.2. The van der Waals surface area contributed by atoms with Crippen molar-refractivity contribution in [2.24, 2.45) is 35.5 Å². The normalized spacial score (nSPS) is 40.6. The molecule has 3 N–H and O–H groups in total. The quantitative estimate of drug-likeness (QED) is 0.610. The molecule has 7 heteroatoms. The van der Waals surface area contributed by atoms with Crippen LogP contribution in [0.4, 0.5) is 0 Å². The number of aliphatic carboxylic acids is 3. The molecule has 7 nitrogen and oxygen atoms in total. The third-order valence-corrected chi connectivity index (χ3v) is 4.49. The molecule has 0 aliphatic heterocycles. The highest BCUT2D eigenvalue weighted by Crippen LogP contribution is 2.56. The minimum atomic E-state index is -1.18. The first-order valence-corrected chi connectivity index (χ1v) is 6.02. The monoisotopic (exact) mass is 270 g/mol. The van der Waals surface area contributed by atoms with E-state index in [1.54, 1.807) is 0 Å². The fraction of sp³-hybridized carbons (Fsp3) is 0.667. The van der Waals surface area contributed by atoms with Crippen molar-refractivity contribution in [1.29, 1.82) is 0 Å². The maximum Gasteiger partial charge on any atom is 0.306 e. The van der Waals surface area contributed by atoms with Crippen LogP contribution >= 0.6 is 0 Å². The lowest BCUT2D eigenvalue weighted by Gasteiger charge is -2.20. The van der Waals surface area contributed by atoms with Gasteiger partial charge in [-0.05, 0) is 24.7 Å². The molecule has 2 aliphatic rings. The molecule has 2 fully saturated rings. The molecule has 6 atom stereocenters. The minimum absolute atomic E-state index is 0.0295. The Morgan fingerprint density at radius 1 is 0.789 bits per heavy atom. The van der Waals surface area contributed by atoms with Gasteiger partial charge in [-0.1, -0.05) is 0 Å². The number of aldehydes is 1. The molecule has 19 heavy (non-hydrogen) atoms. The molecule has 0 aromatic heterocycles. The van der Waals surface area contributed by atoms with E-state index in [1.807, 2.05) is 0 Å². The number of hydrogen-bond acceptors (Lipinski definition) is 4. The average molecular weight is 270 g/mol. The first-order chi connectivity index (χ1) is 8.88. The van der Waals surface area contributed by atoms with E-state index in [-0.39, 0.29) is 12.8 Å². The molecule has 104 valence electrons. The molecule has 0 aromatic carbocycles. The van der Waals surface area contributed by atoms with E-state index in [1.165, 1.54) is 0 Å². The Morgan fingerprint density at radius 2 is 1.21 bits per heavy atom. The first-order valence-electron chi connectivity index (χ1n) is 6.02. The summed E-state index contributed by atoms with van der Waals surface area (Å²) < 4.78 is 0. The second-order valence-corrected chi connectivity index (χ2v) is 5.26. The van der Waals surface area contributed by atoms with E-state index in [2.05, 4.69) is 0 Å². The highest BCUT2D eigenvalue weighted by Gasteiger charge is 2.60. The van der Waals surface area contributed by atoms with Crippen LogP contribution in [0.25, 0.3) is 0 Å². The van der Waals surface area contributed by atoms with Gasteiger partial charge in [-0.15, -0.1) is 0 Å². The molecular formula is C12H14O7. The first kappa shape index (κ1) is 13.5. The molecule has 6 unspecified atom stereocenters. The van der Waals surface area contributed by atoms with Crippen molar-refractivity contribution in [2.45, 2.75) is 12.8 Å². The minimum Gasteiger partial charge on any atom is -0.481 e. The van der Waals surface area contributed by atoms with Gasteiger partial charge < -0.3 is 20.1 Å². The summed E-state index contributed by atoms with van der Waals surface area (Å²) in [6.07, 6.45) is 0.497. The summed E-state index contributed by atoms with van der Waals surface area (Å²) in [5.41, 5.74) is 0. The highest BCUT2D eigenvalue weighted by atomic mass is 16.4. The summed E-state index contributed by atoms with van der Waals surface area (Å²) in [5.74, 6) is -8.54. The Kier molecular flexibility index (Phi) is 3.30. The average Bonchev–Trinajstić information content (AvgIpc) is 2.84. The van der Waals surface area contributed by atoms with E-state index in [0.717, 1.165) is 0 Å². The number of rotatable bonds is 4. The van der Waals surface area contributed by atoms with E-state index >= 15 is 0 Å². The molecule has 0 radical (unpaired) electrons. The second kappa shape index (κ2) is 4.64. The largest absolute Gasteiger partial charge is 0.481 e. The number of carbonyl (C=O) groups excluding carboxylic acids is 1. The third kappa shape index (κ3) is 1.98. The van der Waals surface area contributed by atoms with Gasteiger partial charge in [0.2, 0.25) is 0 Å². The fourth-order valence-electron chi connectivity index (χ4n) is 3.81. The van der Waals surface area contributed by atoms with Gasteiger partial charge >= 0.3 is 17.9 Å². The van der Waals surface area contributed by atoms with Crippen LogP contribution in [-0.4, -0.2) is 39.5 Å². The molecule has 0 amide bonds. The van der Waals surface area contributed by atoms with E-state index in [4.69, 9.17) is 15.3 Å². The van der Waals surface area contributed by atoms with Crippen LogP contribution in [0.1, 0.15) is 12.8 Å². The van der Waals surface area contributed by atoms with E-state index in [0.29, 0.717) is 6.29 Å². The Balaban J connectivity index is 2.41.